The van der Waals surface area contributed by atoms with Crippen LogP contribution in [0.2, 0.25) is 0 Å². The number of rotatable bonds is 3. The maximum atomic E-state index is 12.0. The van der Waals surface area contributed by atoms with Crippen molar-refractivity contribution in [2.75, 3.05) is 6.54 Å². The standard InChI is InChI=1S/C16H16N2OS/c1-12-10-20-11-15(12)9-18-16(19)14-6-4-13(5-7-14)3-2-8-17/h4-7,10-11H,8-9,17H2,1H3,(H,18,19). The van der Waals surface area contributed by atoms with Crippen LogP contribution < -0.4 is 11.1 Å². The Bertz CT molecular complexity index is 647. The summed E-state index contributed by atoms with van der Waals surface area (Å²) in [6.07, 6.45) is 0. The minimum Gasteiger partial charge on any atom is -0.348 e. The van der Waals surface area contributed by atoms with E-state index in [9.17, 15) is 4.79 Å². The highest BCUT2D eigenvalue weighted by atomic mass is 32.1. The first-order valence-electron chi connectivity index (χ1n) is 6.29. The van der Waals surface area contributed by atoms with Gasteiger partial charge in [-0.05, 0) is 53.1 Å². The van der Waals surface area contributed by atoms with Crippen molar-refractivity contribution < 1.29 is 4.79 Å². The van der Waals surface area contributed by atoms with Crippen LogP contribution in [-0.2, 0) is 6.54 Å². The summed E-state index contributed by atoms with van der Waals surface area (Å²) in [7, 11) is 0. The van der Waals surface area contributed by atoms with Crippen LogP contribution in [0.4, 0.5) is 0 Å². The molecule has 1 heterocycles. The number of carbonyl (C=O) groups excluding carboxylic acids is 1. The maximum absolute atomic E-state index is 12.0. The van der Waals surface area contributed by atoms with E-state index in [1.807, 2.05) is 19.1 Å². The Balaban J connectivity index is 1.97. The molecule has 0 fully saturated rings. The average molecular weight is 284 g/mol. The van der Waals surface area contributed by atoms with Crippen molar-refractivity contribution in [1.29, 1.82) is 0 Å². The largest absolute Gasteiger partial charge is 0.348 e. The number of hydrogen-bond acceptors (Lipinski definition) is 3. The normalized spacial score (nSPS) is 9.70. The van der Waals surface area contributed by atoms with Crippen molar-refractivity contribution in [1.82, 2.24) is 5.32 Å². The maximum Gasteiger partial charge on any atom is 0.251 e. The third-order valence-electron chi connectivity index (χ3n) is 2.88. The predicted octanol–water partition coefficient (Wildman–Crippen LogP) is 2.30. The van der Waals surface area contributed by atoms with Gasteiger partial charge >= 0.3 is 0 Å². The van der Waals surface area contributed by atoms with E-state index in [4.69, 9.17) is 5.73 Å². The van der Waals surface area contributed by atoms with Crippen molar-refractivity contribution in [3.8, 4) is 11.8 Å². The summed E-state index contributed by atoms with van der Waals surface area (Å²) in [5, 5.41) is 7.05. The second kappa shape index (κ2) is 6.90. The second-order valence-corrected chi connectivity index (χ2v) is 5.09. The third kappa shape index (κ3) is 3.70. The lowest BCUT2D eigenvalue weighted by atomic mass is 10.1. The van der Waals surface area contributed by atoms with Crippen molar-refractivity contribution in [3.63, 3.8) is 0 Å². The monoisotopic (exact) mass is 284 g/mol. The molecule has 0 unspecified atom stereocenters. The highest BCUT2D eigenvalue weighted by Gasteiger charge is 2.06. The minimum atomic E-state index is -0.0751. The molecule has 0 aliphatic heterocycles. The summed E-state index contributed by atoms with van der Waals surface area (Å²) < 4.78 is 0. The number of benzene rings is 1. The zero-order valence-electron chi connectivity index (χ0n) is 11.3. The molecule has 0 atom stereocenters. The van der Waals surface area contributed by atoms with Crippen LogP contribution in [0.25, 0.3) is 0 Å². The zero-order valence-corrected chi connectivity index (χ0v) is 12.1. The summed E-state index contributed by atoms with van der Waals surface area (Å²) in [5.41, 5.74) is 9.18. The first-order chi connectivity index (χ1) is 9.70. The van der Waals surface area contributed by atoms with E-state index in [1.54, 1.807) is 23.5 Å². The molecule has 0 aliphatic carbocycles. The Kier molecular flexibility index (Phi) is 4.94. The third-order valence-corrected chi connectivity index (χ3v) is 3.79. The van der Waals surface area contributed by atoms with E-state index in [-0.39, 0.29) is 5.91 Å². The lowest BCUT2D eigenvalue weighted by Gasteiger charge is -2.05. The summed E-state index contributed by atoms with van der Waals surface area (Å²) >= 11 is 1.65. The highest BCUT2D eigenvalue weighted by Crippen LogP contribution is 2.13. The first kappa shape index (κ1) is 14.3. The molecule has 0 spiro atoms. The van der Waals surface area contributed by atoms with Crippen LogP contribution in [0.5, 0.6) is 0 Å². The molecule has 0 bridgehead atoms. The van der Waals surface area contributed by atoms with Crippen molar-refractivity contribution in [2.45, 2.75) is 13.5 Å². The van der Waals surface area contributed by atoms with Crippen molar-refractivity contribution in [3.05, 3.63) is 57.3 Å². The molecule has 4 heteroatoms. The fourth-order valence-electron chi connectivity index (χ4n) is 1.70. The Morgan fingerprint density at radius 2 is 2.05 bits per heavy atom. The van der Waals surface area contributed by atoms with E-state index in [2.05, 4.69) is 27.9 Å². The molecule has 102 valence electrons. The molecule has 0 radical (unpaired) electrons. The Labute approximate surface area is 122 Å². The van der Waals surface area contributed by atoms with Gasteiger partial charge in [0.25, 0.3) is 5.91 Å². The van der Waals surface area contributed by atoms with E-state index >= 15 is 0 Å². The minimum absolute atomic E-state index is 0.0751. The average Bonchev–Trinajstić information content (AvgIpc) is 2.88. The Morgan fingerprint density at radius 3 is 2.65 bits per heavy atom. The lowest BCUT2D eigenvalue weighted by Crippen LogP contribution is -2.22. The van der Waals surface area contributed by atoms with Gasteiger partial charge in [0.15, 0.2) is 0 Å². The molecule has 1 aromatic carbocycles. The number of amides is 1. The number of thiophene rings is 1. The highest BCUT2D eigenvalue weighted by molar-refractivity contribution is 7.08. The smallest absolute Gasteiger partial charge is 0.251 e. The van der Waals surface area contributed by atoms with Gasteiger partial charge in [-0.2, -0.15) is 11.3 Å². The summed E-state index contributed by atoms with van der Waals surface area (Å²) in [4.78, 5) is 12.0. The molecule has 1 aromatic heterocycles. The van der Waals surface area contributed by atoms with Gasteiger partial charge in [0.2, 0.25) is 0 Å². The summed E-state index contributed by atoms with van der Waals surface area (Å²) in [6.45, 7) is 2.94. The van der Waals surface area contributed by atoms with Gasteiger partial charge in [0, 0.05) is 17.7 Å². The van der Waals surface area contributed by atoms with Crippen LogP contribution in [0.1, 0.15) is 27.0 Å². The second-order valence-electron chi connectivity index (χ2n) is 4.35. The first-order valence-corrected chi connectivity index (χ1v) is 7.24. The predicted molar refractivity (Wildman–Crippen MR) is 82.6 cm³/mol. The number of nitrogens with two attached hydrogens (primary N) is 1. The molecule has 2 rings (SSSR count). The SMILES string of the molecule is Cc1cscc1CNC(=O)c1ccc(C#CCN)cc1. The van der Waals surface area contributed by atoms with Gasteiger partial charge in [-0.15, -0.1) is 0 Å². The Hall–Kier alpha value is -2.09. The number of aryl methyl sites for hydroxylation is 1. The van der Waals surface area contributed by atoms with Crippen LogP contribution >= 0.6 is 11.3 Å². The quantitative estimate of drug-likeness (QED) is 0.850. The van der Waals surface area contributed by atoms with Crippen LogP contribution in [0.15, 0.2) is 35.0 Å². The van der Waals surface area contributed by atoms with E-state index in [0.717, 1.165) is 11.1 Å². The fraction of sp³-hybridized carbons (Fsp3) is 0.188. The van der Waals surface area contributed by atoms with Crippen molar-refractivity contribution in [2.24, 2.45) is 5.73 Å². The molecular formula is C16H16N2OS. The van der Waals surface area contributed by atoms with Crippen LogP contribution in [-0.4, -0.2) is 12.5 Å². The van der Waals surface area contributed by atoms with Gasteiger partial charge in [-0.1, -0.05) is 11.8 Å². The zero-order chi connectivity index (χ0) is 14.4. The van der Waals surface area contributed by atoms with E-state index in [1.165, 1.54) is 5.56 Å². The molecule has 0 saturated carbocycles. The topological polar surface area (TPSA) is 55.1 Å². The molecule has 3 nitrogen and oxygen atoms in total. The Morgan fingerprint density at radius 1 is 1.30 bits per heavy atom. The lowest BCUT2D eigenvalue weighted by molar-refractivity contribution is 0.0951. The molecule has 1 amide bonds. The van der Waals surface area contributed by atoms with Gasteiger partial charge in [0.05, 0.1) is 6.54 Å². The van der Waals surface area contributed by atoms with Crippen LogP contribution in [0, 0.1) is 18.8 Å². The van der Waals surface area contributed by atoms with Crippen LogP contribution in [0.3, 0.4) is 0 Å². The fourth-order valence-corrected chi connectivity index (χ4v) is 2.56. The molecule has 0 aliphatic rings. The van der Waals surface area contributed by atoms with Gasteiger partial charge in [-0.3, -0.25) is 4.79 Å². The van der Waals surface area contributed by atoms with E-state index < -0.39 is 0 Å². The van der Waals surface area contributed by atoms with Gasteiger partial charge in [0.1, 0.15) is 0 Å². The number of hydrogen-bond donors (Lipinski definition) is 2. The summed E-state index contributed by atoms with van der Waals surface area (Å²) in [5.74, 6) is 5.63. The summed E-state index contributed by atoms with van der Waals surface area (Å²) in [6, 6.07) is 7.20. The molecule has 2 aromatic rings. The van der Waals surface area contributed by atoms with Gasteiger partial charge in [-0.25, -0.2) is 0 Å². The molecule has 0 saturated heterocycles. The van der Waals surface area contributed by atoms with Gasteiger partial charge < -0.3 is 11.1 Å². The van der Waals surface area contributed by atoms with Crippen molar-refractivity contribution >= 4 is 17.2 Å². The molecule has 3 N–H and O–H groups in total. The number of nitrogens with one attached hydrogen (secondary N) is 1. The molecule has 20 heavy (non-hydrogen) atoms. The van der Waals surface area contributed by atoms with E-state index in [0.29, 0.717) is 18.7 Å². The number of carbonyl (C=O) groups is 1. The molecular weight excluding hydrogens is 268 g/mol.